The van der Waals surface area contributed by atoms with E-state index in [2.05, 4.69) is 0 Å². The van der Waals surface area contributed by atoms with Crippen LogP contribution in [0.1, 0.15) is 39.4 Å². The summed E-state index contributed by atoms with van der Waals surface area (Å²) in [6.07, 6.45) is -1.03. The first-order valence-corrected chi connectivity index (χ1v) is 10.00. The van der Waals surface area contributed by atoms with Gasteiger partial charge >= 0.3 is 0 Å². The summed E-state index contributed by atoms with van der Waals surface area (Å²) in [5.74, 6) is -1.82. The maximum atomic E-state index is 13.8. The quantitative estimate of drug-likeness (QED) is 0.520. The van der Waals surface area contributed by atoms with E-state index in [1.54, 1.807) is 24.3 Å². The molecule has 0 spiro atoms. The molecular weight excluding hydrogens is 416 g/mol. The van der Waals surface area contributed by atoms with Crippen LogP contribution in [0, 0.1) is 11.6 Å². The van der Waals surface area contributed by atoms with Crippen LogP contribution in [-0.4, -0.2) is 22.5 Å². The van der Waals surface area contributed by atoms with Crippen molar-refractivity contribution < 1.29 is 23.1 Å². The van der Waals surface area contributed by atoms with Gasteiger partial charge in [-0.3, -0.25) is 9.59 Å². The van der Waals surface area contributed by atoms with Crippen molar-refractivity contribution in [2.45, 2.75) is 12.1 Å². The Morgan fingerprint density at radius 3 is 2.34 bits per heavy atom. The largest absolute Gasteiger partial charge is 0.450 e. The highest BCUT2D eigenvalue weighted by Crippen LogP contribution is 2.39. The van der Waals surface area contributed by atoms with Crippen LogP contribution in [0.15, 0.2) is 82.0 Å². The third kappa shape index (κ3) is 3.27. The number of amides is 1. The van der Waals surface area contributed by atoms with Gasteiger partial charge in [-0.1, -0.05) is 42.5 Å². The zero-order valence-electron chi connectivity index (χ0n) is 16.7. The molecule has 0 fully saturated rings. The summed E-state index contributed by atoms with van der Waals surface area (Å²) in [7, 11) is 0. The topological polar surface area (TPSA) is 70.8 Å². The molecule has 1 amide bonds. The Morgan fingerprint density at radius 1 is 0.938 bits per heavy atom. The fraction of sp³-hybridized carbons (Fsp3) is 0.120. The first-order chi connectivity index (χ1) is 15.4. The molecule has 32 heavy (non-hydrogen) atoms. The first-order valence-electron chi connectivity index (χ1n) is 10.00. The molecule has 1 N–H and O–H groups in total. The Bertz CT molecular complexity index is 1380. The van der Waals surface area contributed by atoms with Crippen molar-refractivity contribution in [3.63, 3.8) is 0 Å². The fourth-order valence-electron chi connectivity index (χ4n) is 4.14. The predicted octanol–water partition coefficient (Wildman–Crippen LogP) is 4.35. The number of aliphatic hydroxyl groups is 1. The monoisotopic (exact) mass is 433 g/mol. The third-order valence-electron chi connectivity index (χ3n) is 5.67. The van der Waals surface area contributed by atoms with Gasteiger partial charge < -0.3 is 14.4 Å². The van der Waals surface area contributed by atoms with Crippen molar-refractivity contribution in [2.75, 3.05) is 6.54 Å². The number of β-amino-alcohol motifs (C(OH)–C–C–N with tert-alkyl or cyclic N) is 1. The SMILES string of the molecule is O=C1c2oc3ccc(F)cc3c(=O)c2C(c2ccc(F)cc2)N1CC(O)c1ccccc1. The smallest absolute Gasteiger partial charge is 0.291 e. The number of rotatable bonds is 4. The minimum absolute atomic E-state index is 0.00844. The van der Waals surface area contributed by atoms with E-state index in [-0.39, 0.29) is 28.8 Å². The predicted molar refractivity (Wildman–Crippen MR) is 113 cm³/mol. The molecule has 2 heterocycles. The average molecular weight is 433 g/mol. The van der Waals surface area contributed by atoms with Crippen LogP contribution < -0.4 is 5.43 Å². The van der Waals surface area contributed by atoms with Crippen molar-refractivity contribution in [1.82, 2.24) is 4.90 Å². The lowest BCUT2D eigenvalue weighted by Crippen LogP contribution is -2.33. The molecule has 5 nitrogen and oxygen atoms in total. The second-order valence-electron chi connectivity index (χ2n) is 7.65. The molecule has 2 atom stereocenters. The molecule has 0 radical (unpaired) electrons. The van der Waals surface area contributed by atoms with Crippen molar-refractivity contribution >= 4 is 16.9 Å². The van der Waals surface area contributed by atoms with Crippen molar-refractivity contribution in [2.24, 2.45) is 0 Å². The maximum Gasteiger partial charge on any atom is 0.291 e. The van der Waals surface area contributed by atoms with Crippen molar-refractivity contribution in [3.8, 4) is 0 Å². The molecule has 3 aromatic carbocycles. The molecule has 7 heteroatoms. The van der Waals surface area contributed by atoms with E-state index in [1.807, 2.05) is 6.07 Å². The number of halogens is 2. The van der Waals surface area contributed by atoms with Gasteiger partial charge in [0, 0.05) is 0 Å². The first kappa shape index (κ1) is 20.1. The van der Waals surface area contributed by atoms with Gasteiger partial charge in [-0.05, 0) is 41.5 Å². The Morgan fingerprint density at radius 2 is 1.62 bits per heavy atom. The Hall–Kier alpha value is -3.84. The van der Waals surface area contributed by atoms with Gasteiger partial charge in [-0.2, -0.15) is 0 Å². The number of fused-ring (bicyclic) bond motifs is 2. The number of hydrogen-bond donors (Lipinski definition) is 1. The Labute approximate surface area is 181 Å². The number of carbonyl (C=O) groups excluding carboxylic acids is 1. The van der Waals surface area contributed by atoms with Gasteiger partial charge in [0.25, 0.3) is 5.91 Å². The molecule has 1 aromatic heterocycles. The Kier molecular flexibility index (Phi) is 4.83. The number of carbonyl (C=O) groups is 1. The second-order valence-corrected chi connectivity index (χ2v) is 7.65. The molecule has 160 valence electrons. The number of aliphatic hydroxyl groups excluding tert-OH is 1. The maximum absolute atomic E-state index is 13.8. The molecule has 1 aliphatic heterocycles. The van der Waals surface area contributed by atoms with Gasteiger partial charge in [0.1, 0.15) is 17.2 Å². The van der Waals surface area contributed by atoms with Crippen LogP contribution in [0.25, 0.3) is 11.0 Å². The van der Waals surface area contributed by atoms with Crippen molar-refractivity contribution in [1.29, 1.82) is 0 Å². The fourth-order valence-corrected chi connectivity index (χ4v) is 4.14. The summed E-state index contributed by atoms with van der Waals surface area (Å²) in [5.41, 5.74) is 0.661. The second kappa shape index (κ2) is 7.69. The van der Waals surface area contributed by atoms with Crippen LogP contribution in [-0.2, 0) is 0 Å². The van der Waals surface area contributed by atoms with E-state index in [4.69, 9.17) is 4.42 Å². The van der Waals surface area contributed by atoms with Crippen LogP contribution in [0.2, 0.25) is 0 Å². The van der Waals surface area contributed by atoms with Gasteiger partial charge in [-0.15, -0.1) is 0 Å². The van der Waals surface area contributed by atoms with Crippen LogP contribution >= 0.6 is 0 Å². The molecule has 0 aliphatic carbocycles. The summed E-state index contributed by atoms with van der Waals surface area (Å²) in [5, 5.41) is 10.8. The molecule has 5 rings (SSSR count). The summed E-state index contributed by atoms with van der Waals surface area (Å²) < 4.78 is 33.1. The van der Waals surface area contributed by atoms with Crippen LogP contribution in [0.4, 0.5) is 8.78 Å². The van der Waals surface area contributed by atoms with Gasteiger partial charge in [-0.25, -0.2) is 8.78 Å². The minimum Gasteiger partial charge on any atom is -0.450 e. The highest BCUT2D eigenvalue weighted by molar-refractivity contribution is 5.99. The van der Waals surface area contributed by atoms with E-state index in [0.717, 1.165) is 12.1 Å². The lowest BCUT2D eigenvalue weighted by Gasteiger charge is -2.27. The normalized spacial score (nSPS) is 16.4. The van der Waals surface area contributed by atoms with Gasteiger partial charge in [0.05, 0.1) is 29.6 Å². The standard InChI is InChI=1S/C25H17F2NO4/c26-16-8-6-15(7-9-16)22-21-23(30)18-12-17(27)10-11-20(18)32-24(21)25(31)28(22)13-19(29)14-4-2-1-3-5-14/h1-12,19,22,29H,13H2. The number of benzene rings is 3. The lowest BCUT2D eigenvalue weighted by molar-refractivity contribution is 0.0583. The molecule has 1 aliphatic rings. The highest BCUT2D eigenvalue weighted by atomic mass is 19.1. The summed E-state index contributed by atoms with van der Waals surface area (Å²) >= 11 is 0. The zero-order valence-corrected chi connectivity index (χ0v) is 16.7. The van der Waals surface area contributed by atoms with Crippen molar-refractivity contribution in [3.05, 3.63) is 117 Å². The summed E-state index contributed by atoms with van der Waals surface area (Å²) in [4.78, 5) is 28.0. The van der Waals surface area contributed by atoms with E-state index < -0.39 is 35.1 Å². The third-order valence-corrected chi connectivity index (χ3v) is 5.67. The molecule has 0 saturated heterocycles. The molecule has 0 bridgehead atoms. The lowest BCUT2D eigenvalue weighted by atomic mass is 9.98. The van der Waals surface area contributed by atoms with Crippen LogP contribution in [0.5, 0.6) is 0 Å². The molecular formula is C25H17F2NO4. The Balaban J connectivity index is 1.68. The average Bonchev–Trinajstić information content (AvgIpc) is 3.07. The van der Waals surface area contributed by atoms with E-state index in [9.17, 15) is 23.5 Å². The molecule has 4 aromatic rings. The molecule has 0 saturated carbocycles. The van der Waals surface area contributed by atoms with Gasteiger partial charge in [0.2, 0.25) is 5.76 Å². The molecule has 2 unspecified atom stereocenters. The van der Waals surface area contributed by atoms with Gasteiger partial charge in [0.15, 0.2) is 5.43 Å². The van der Waals surface area contributed by atoms with E-state index >= 15 is 0 Å². The van der Waals surface area contributed by atoms with E-state index in [0.29, 0.717) is 11.1 Å². The van der Waals surface area contributed by atoms with E-state index in [1.165, 1.54) is 35.2 Å². The zero-order chi connectivity index (χ0) is 22.4. The van der Waals surface area contributed by atoms with Crippen LogP contribution in [0.3, 0.4) is 0 Å². The number of nitrogens with zero attached hydrogens (tertiary/aromatic N) is 1. The highest BCUT2D eigenvalue weighted by Gasteiger charge is 2.43. The minimum atomic E-state index is -1.03. The summed E-state index contributed by atoms with van der Waals surface area (Å²) in [6, 6.07) is 16.8. The number of hydrogen-bond acceptors (Lipinski definition) is 4. The summed E-state index contributed by atoms with van der Waals surface area (Å²) in [6.45, 7) is -0.126.